The van der Waals surface area contributed by atoms with Gasteiger partial charge in [-0.3, -0.25) is 4.68 Å². The van der Waals surface area contributed by atoms with Crippen LogP contribution in [0.4, 0.5) is 18.0 Å². The minimum atomic E-state index is -5.67. The van der Waals surface area contributed by atoms with Gasteiger partial charge in [0.05, 0.1) is 6.54 Å². The average Bonchev–Trinajstić information content (AvgIpc) is 2.85. The molecule has 7 nitrogen and oxygen atoms in total. The molecule has 2 aromatic rings. The van der Waals surface area contributed by atoms with Gasteiger partial charge in [-0.15, -0.1) is 0 Å². The molecule has 0 radical (unpaired) electrons. The molecule has 32 heavy (non-hydrogen) atoms. The zero-order valence-electron chi connectivity index (χ0n) is 17.7. The van der Waals surface area contributed by atoms with Crippen molar-refractivity contribution in [2.24, 2.45) is 0 Å². The third-order valence-electron chi connectivity index (χ3n) is 4.84. The van der Waals surface area contributed by atoms with Crippen LogP contribution in [0, 0.1) is 0 Å². The van der Waals surface area contributed by atoms with Crippen LogP contribution in [0.1, 0.15) is 37.6 Å². The molecule has 1 aromatic heterocycles. The maximum atomic E-state index is 13.3. The first-order valence-corrected chi connectivity index (χ1v) is 11.7. The lowest BCUT2D eigenvalue weighted by molar-refractivity contribution is -0.0439. The van der Waals surface area contributed by atoms with E-state index in [0.717, 1.165) is 0 Å². The van der Waals surface area contributed by atoms with Gasteiger partial charge < -0.3 is 9.64 Å². The first kappa shape index (κ1) is 24.4. The highest BCUT2D eigenvalue weighted by molar-refractivity contribution is 7.92. The molecule has 1 amide bonds. The van der Waals surface area contributed by atoms with E-state index in [1.54, 1.807) is 45.0 Å². The minimum Gasteiger partial charge on any atom is -0.444 e. The molecule has 1 aliphatic heterocycles. The molecule has 1 aromatic carbocycles. The van der Waals surface area contributed by atoms with Gasteiger partial charge in [0.15, 0.2) is 5.03 Å². The van der Waals surface area contributed by atoms with Crippen LogP contribution in [0.3, 0.4) is 0 Å². The molecule has 0 unspecified atom stereocenters. The molecule has 0 fully saturated rings. The van der Waals surface area contributed by atoms with Crippen molar-refractivity contribution in [2.75, 3.05) is 13.1 Å². The van der Waals surface area contributed by atoms with Gasteiger partial charge in [-0.05, 0) is 44.9 Å². The molecule has 0 N–H and O–H groups in total. The zero-order chi connectivity index (χ0) is 23.9. The Morgan fingerprint density at radius 3 is 2.28 bits per heavy atom. The van der Waals surface area contributed by atoms with Gasteiger partial charge in [-0.2, -0.15) is 18.3 Å². The van der Waals surface area contributed by atoms with Crippen molar-refractivity contribution in [2.45, 2.75) is 56.3 Å². The van der Waals surface area contributed by atoms with Crippen LogP contribution in [0.5, 0.6) is 0 Å². The Bertz CT molecular complexity index is 1110. The number of fused-ring (bicyclic) bond motifs is 1. The van der Waals surface area contributed by atoms with Crippen molar-refractivity contribution in [3.05, 3.63) is 46.1 Å². The molecule has 0 atom stereocenters. The summed E-state index contributed by atoms with van der Waals surface area (Å²) in [6, 6.07) is 6.60. The maximum absolute atomic E-state index is 13.3. The Balaban J connectivity index is 2.00. The highest BCUT2D eigenvalue weighted by Gasteiger charge is 2.50. The lowest BCUT2D eigenvalue weighted by Gasteiger charge is -2.26. The number of aromatic nitrogens is 2. The number of carbonyl (C=O) groups excluding carboxylic acids is 1. The molecule has 0 bridgehead atoms. The Morgan fingerprint density at radius 2 is 1.72 bits per heavy atom. The summed E-state index contributed by atoms with van der Waals surface area (Å²) >= 11 is 5.88. The Labute approximate surface area is 189 Å². The summed E-state index contributed by atoms with van der Waals surface area (Å²) in [4.78, 5) is 13.8. The SMILES string of the molecule is CC(C)(C)OC(=O)N1CCc2c(S(=O)(=O)C(F)(F)F)nn(Cc3ccc(Cl)cc3)c2CC1. The lowest BCUT2D eigenvalue weighted by Crippen LogP contribution is -2.38. The Kier molecular flexibility index (Phi) is 6.54. The van der Waals surface area contributed by atoms with E-state index in [1.807, 2.05) is 0 Å². The summed E-state index contributed by atoms with van der Waals surface area (Å²) in [5.74, 6) is 0. The zero-order valence-corrected chi connectivity index (χ0v) is 19.3. The monoisotopic (exact) mass is 493 g/mol. The molecular weight excluding hydrogens is 471 g/mol. The van der Waals surface area contributed by atoms with E-state index in [2.05, 4.69) is 5.10 Å². The van der Waals surface area contributed by atoms with Crippen LogP contribution in [-0.2, 0) is 34.0 Å². The molecule has 0 saturated heterocycles. The topological polar surface area (TPSA) is 81.5 Å². The van der Waals surface area contributed by atoms with E-state index in [4.69, 9.17) is 16.3 Å². The third-order valence-corrected chi connectivity index (χ3v) is 6.53. The van der Waals surface area contributed by atoms with Gasteiger partial charge in [0, 0.05) is 35.8 Å². The summed E-state index contributed by atoms with van der Waals surface area (Å²) in [6.07, 6.45) is -0.581. The van der Waals surface area contributed by atoms with Gasteiger partial charge in [0.25, 0.3) is 9.84 Å². The number of ether oxygens (including phenoxy) is 1. The van der Waals surface area contributed by atoms with Gasteiger partial charge in [0.2, 0.25) is 0 Å². The minimum absolute atomic E-state index is 0.00886. The number of amides is 1. The van der Waals surface area contributed by atoms with Crippen molar-refractivity contribution in [3.8, 4) is 0 Å². The summed E-state index contributed by atoms with van der Waals surface area (Å²) < 4.78 is 71.0. The summed E-state index contributed by atoms with van der Waals surface area (Å²) in [5, 5.41) is 3.33. The van der Waals surface area contributed by atoms with Crippen LogP contribution in [0.25, 0.3) is 0 Å². The Hall–Kier alpha value is -2.27. The van der Waals surface area contributed by atoms with E-state index < -0.39 is 32.1 Å². The number of sulfone groups is 1. The standard InChI is InChI=1S/C20H23ClF3N3O4S/c1-19(2,3)31-18(28)26-10-8-15-16(9-11-26)27(12-13-4-6-14(21)7-5-13)25-17(15)32(29,30)20(22,23)24/h4-7H,8-12H2,1-3H3. The fraction of sp³-hybridized carbons (Fsp3) is 0.500. The number of halogens is 4. The second-order valence-electron chi connectivity index (χ2n) is 8.43. The van der Waals surface area contributed by atoms with E-state index in [9.17, 15) is 26.4 Å². The smallest absolute Gasteiger partial charge is 0.444 e. The number of nitrogens with zero attached hydrogens (tertiary/aromatic N) is 3. The summed E-state index contributed by atoms with van der Waals surface area (Å²) in [7, 11) is -5.67. The Morgan fingerprint density at radius 1 is 1.12 bits per heavy atom. The second kappa shape index (κ2) is 8.58. The van der Waals surface area contributed by atoms with E-state index in [1.165, 1.54) is 9.58 Å². The molecule has 12 heteroatoms. The molecule has 3 rings (SSSR count). The highest BCUT2D eigenvalue weighted by Crippen LogP contribution is 2.34. The van der Waals surface area contributed by atoms with E-state index >= 15 is 0 Å². The van der Waals surface area contributed by atoms with Gasteiger partial charge in [-0.25, -0.2) is 13.2 Å². The molecule has 176 valence electrons. The van der Waals surface area contributed by atoms with Crippen molar-refractivity contribution >= 4 is 27.5 Å². The fourth-order valence-electron chi connectivity index (χ4n) is 3.37. The number of hydrogen-bond donors (Lipinski definition) is 0. The summed E-state index contributed by atoms with van der Waals surface area (Å²) in [5.41, 5.74) is -5.23. The predicted octanol–water partition coefficient (Wildman–Crippen LogP) is 4.21. The molecule has 0 saturated carbocycles. The number of carbonyl (C=O) groups is 1. The van der Waals surface area contributed by atoms with Gasteiger partial charge in [0.1, 0.15) is 5.60 Å². The van der Waals surface area contributed by atoms with Crippen molar-refractivity contribution in [1.82, 2.24) is 14.7 Å². The van der Waals surface area contributed by atoms with Gasteiger partial charge in [-0.1, -0.05) is 23.7 Å². The van der Waals surface area contributed by atoms with Crippen LogP contribution >= 0.6 is 11.6 Å². The molecular formula is C20H23ClF3N3O4S. The number of benzene rings is 1. The normalized spacial score (nSPS) is 15.3. The highest BCUT2D eigenvalue weighted by atomic mass is 35.5. The maximum Gasteiger partial charge on any atom is 0.503 e. The molecule has 0 spiro atoms. The first-order chi connectivity index (χ1) is 14.7. The summed E-state index contributed by atoms with van der Waals surface area (Å²) in [6.45, 7) is 5.33. The molecule has 0 aliphatic carbocycles. The van der Waals surface area contributed by atoms with Gasteiger partial charge >= 0.3 is 11.6 Å². The number of alkyl halides is 3. The fourth-order valence-corrected chi connectivity index (χ4v) is 4.46. The largest absolute Gasteiger partial charge is 0.503 e. The first-order valence-electron chi connectivity index (χ1n) is 9.81. The lowest BCUT2D eigenvalue weighted by atomic mass is 10.1. The van der Waals surface area contributed by atoms with Crippen LogP contribution < -0.4 is 0 Å². The van der Waals surface area contributed by atoms with E-state index in [-0.39, 0.29) is 38.0 Å². The van der Waals surface area contributed by atoms with E-state index in [0.29, 0.717) is 16.3 Å². The third kappa shape index (κ3) is 5.20. The second-order valence-corrected chi connectivity index (χ2v) is 10.7. The number of hydrogen-bond acceptors (Lipinski definition) is 5. The van der Waals surface area contributed by atoms with Crippen LogP contribution in [0.15, 0.2) is 29.3 Å². The van der Waals surface area contributed by atoms with Crippen LogP contribution in [-0.4, -0.2) is 53.4 Å². The van der Waals surface area contributed by atoms with Crippen LogP contribution in [0.2, 0.25) is 5.02 Å². The van der Waals surface area contributed by atoms with Crippen molar-refractivity contribution < 1.29 is 31.1 Å². The van der Waals surface area contributed by atoms with Crippen molar-refractivity contribution in [3.63, 3.8) is 0 Å². The predicted molar refractivity (Wildman–Crippen MR) is 111 cm³/mol. The molecule has 1 aliphatic rings. The van der Waals surface area contributed by atoms with Crippen molar-refractivity contribution in [1.29, 1.82) is 0 Å². The number of rotatable bonds is 3. The average molecular weight is 494 g/mol. The quantitative estimate of drug-likeness (QED) is 0.639. The molecule has 2 heterocycles.